The van der Waals surface area contributed by atoms with E-state index in [0.717, 1.165) is 32.1 Å². The molecule has 0 aliphatic heterocycles. The smallest absolute Gasteiger partial charge is 0.337 e. The van der Waals surface area contributed by atoms with E-state index in [2.05, 4.69) is 10.0 Å². The molecule has 1 aliphatic carbocycles. The van der Waals surface area contributed by atoms with Gasteiger partial charge in [0.15, 0.2) is 0 Å². The van der Waals surface area contributed by atoms with Gasteiger partial charge in [-0.05, 0) is 48.7 Å². The van der Waals surface area contributed by atoms with Crippen molar-refractivity contribution in [2.45, 2.75) is 43.5 Å². The maximum atomic E-state index is 12.8. The second-order valence-corrected chi connectivity index (χ2v) is 9.56. The third-order valence-electron chi connectivity index (χ3n) is 5.23. The molecule has 0 aromatic heterocycles. The topological polar surface area (TPSA) is 102 Å². The lowest BCUT2D eigenvalue weighted by atomic mass is 9.88. The van der Waals surface area contributed by atoms with Crippen LogP contribution >= 0.6 is 11.6 Å². The number of methoxy groups -OCH3 is 1. The van der Waals surface area contributed by atoms with Gasteiger partial charge in [0.1, 0.15) is 4.90 Å². The van der Waals surface area contributed by atoms with Crippen LogP contribution in [0, 0.1) is 5.92 Å². The average Bonchev–Trinajstić information content (AvgIpc) is 2.77. The Labute approximate surface area is 187 Å². The predicted molar refractivity (Wildman–Crippen MR) is 118 cm³/mol. The molecule has 0 bridgehead atoms. The number of carbonyl (C=O) groups excluding carboxylic acids is 2. The summed E-state index contributed by atoms with van der Waals surface area (Å²) in [5.74, 6) is -0.643. The fraction of sp³-hybridized carbons (Fsp3) is 0.364. The van der Waals surface area contributed by atoms with E-state index >= 15 is 0 Å². The number of hydrogen-bond donors (Lipinski definition) is 2. The van der Waals surface area contributed by atoms with Gasteiger partial charge in [0.05, 0.1) is 23.4 Å². The van der Waals surface area contributed by atoms with Gasteiger partial charge in [-0.1, -0.05) is 43.0 Å². The van der Waals surface area contributed by atoms with Gasteiger partial charge < -0.3 is 10.1 Å². The third kappa shape index (κ3) is 5.98. The molecule has 31 heavy (non-hydrogen) atoms. The second-order valence-electron chi connectivity index (χ2n) is 7.50. The van der Waals surface area contributed by atoms with Gasteiger partial charge in [0, 0.05) is 12.5 Å². The van der Waals surface area contributed by atoms with Gasteiger partial charge in [-0.3, -0.25) is 9.52 Å². The number of benzene rings is 2. The first-order chi connectivity index (χ1) is 14.8. The summed E-state index contributed by atoms with van der Waals surface area (Å²) >= 11 is 6.03. The molecule has 3 rings (SSSR count). The standard InChI is InChI=1S/C22H25ClN2O5S/c1-30-22(27)17-11-15(14-24-21(26)16-7-3-2-4-8-16)12-18(13-17)25-31(28,29)20-10-6-5-9-19(20)23/h5-6,9-13,16,25H,2-4,7-8,14H2,1H3,(H,24,26). The third-order valence-corrected chi connectivity index (χ3v) is 7.12. The Hall–Kier alpha value is -2.58. The largest absolute Gasteiger partial charge is 0.465 e. The monoisotopic (exact) mass is 464 g/mol. The van der Waals surface area contributed by atoms with Crippen LogP contribution in [0.5, 0.6) is 0 Å². The quantitative estimate of drug-likeness (QED) is 0.600. The summed E-state index contributed by atoms with van der Waals surface area (Å²) in [5, 5.41) is 2.98. The first-order valence-electron chi connectivity index (χ1n) is 10.1. The summed E-state index contributed by atoms with van der Waals surface area (Å²) in [6.45, 7) is 0.168. The first-order valence-corrected chi connectivity index (χ1v) is 11.9. The van der Waals surface area contributed by atoms with E-state index < -0.39 is 16.0 Å². The molecule has 0 unspecified atom stereocenters. The van der Waals surface area contributed by atoms with Crippen LogP contribution in [0.1, 0.15) is 48.0 Å². The van der Waals surface area contributed by atoms with Crippen LogP contribution in [-0.2, 0) is 26.1 Å². The molecule has 2 aromatic rings. The maximum Gasteiger partial charge on any atom is 0.337 e. The molecule has 2 N–H and O–H groups in total. The van der Waals surface area contributed by atoms with Crippen LogP contribution < -0.4 is 10.0 Å². The van der Waals surface area contributed by atoms with Crippen LogP contribution in [0.4, 0.5) is 5.69 Å². The second kappa shape index (κ2) is 10.2. The molecule has 2 aromatic carbocycles. The molecule has 7 nitrogen and oxygen atoms in total. The Kier molecular flexibility index (Phi) is 7.56. The minimum Gasteiger partial charge on any atom is -0.465 e. The van der Waals surface area contributed by atoms with Gasteiger partial charge in [-0.25, -0.2) is 13.2 Å². The van der Waals surface area contributed by atoms with Gasteiger partial charge in [0.2, 0.25) is 5.91 Å². The van der Waals surface area contributed by atoms with Crippen molar-refractivity contribution in [1.29, 1.82) is 0 Å². The van der Waals surface area contributed by atoms with Gasteiger partial charge >= 0.3 is 5.97 Å². The number of carbonyl (C=O) groups is 2. The SMILES string of the molecule is COC(=O)c1cc(CNC(=O)C2CCCCC2)cc(NS(=O)(=O)c2ccccc2Cl)c1. The number of esters is 1. The normalized spacial score (nSPS) is 14.6. The fourth-order valence-electron chi connectivity index (χ4n) is 3.66. The fourth-order valence-corrected chi connectivity index (χ4v) is 5.22. The Morgan fingerprint density at radius 3 is 2.48 bits per heavy atom. The van der Waals surface area contributed by atoms with E-state index in [-0.39, 0.29) is 39.5 Å². The highest BCUT2D eigenvalue weighted by Gasteiger charge is 2.22. The Morgan fingerprint density at radius 2 is 1.81 bits per heavy atom. The van der Waals surface area contributed by atoms with Gasteiger partial charge in [-0.2, -0.15) is 0 Å². The summed E-state index contributed by atoms with van der Waals surface area (Å²) in [6, 6.07) is 10.6. The summed E-state index contributed by atoms with van der Waals surface area (Å²) in [7, 11) is -2.74. The number of nitrogens with one attached hydrogen (secondary N) is 2. The van der Waals surface area contributed by atoms with Crippen LogP contribution in [0.2, 0.25) is 5.02 Å². The number of ether oxygens (including phenoxy) is 1. The Bertz CT molecular complexity index is 1070. The molecule has 0 radical (unpaired) electrons. The van der Waals surface area contributed by atoms with Crippen molar-refractivity contribution in [2.75, 3.05) is 11.8 Å². The lowest BCUT2D eigenvalue weighted by molar-refractivity contribution is -0.126. The Balaban J connectivity index is 1.82. The zero-order chi connectivity index (χ0) is 22.4. The number of sulfonamides is 1. The lowest BCUT2D eigenvalue weighted by Gasteiger charge is -2.21. The van der Waals surface area contributed by atoms with Gasteiger partial charge in [-0.15, -0.1) is 0 Å². The van der Waals surface area contributed by atoms with Crippen molar-refractivity contribution >= 4 is 39.2 Å². The molecule has 0 atom stereocenters. The molecular formula is C22H25ClN2O5S. The van der Waals surface area contributed by atoms with E-state index in [1.165, 1.54) is 25.3 Å². The summed E-state index contributed by atoms with van der Waals surface area (Å²) in [4.78, 5) is 24.5. The van der Waals surface area contributed by atoms with Crippen LogP contribution in [0.15, 0.2) is 47.4 Å². The summed E-state index contributed by atoms with van der Waals surface area (Å²) < 4.78 is 32.8. The maximum absolute atomic E-state index is 12.8. The van der Waals surface area contributed by atoms with Crippen LogP contribution in [0.3, 0.4) is 0 Å². The molecule has 9 heteroatoms. The van der Waals surface area contributed by atoms with E-state index in [0.29, 0.717) is 5.56 Å². The van der Waals surface area contributed by atoms with Crippen molar-refractivity contribution in [3.63, 3.8) is 0 Å². The van der Waals surface area contributed by atoms with Crippen LogP contribution in [-0.4, -0.2) is 27.4 Å². The molecular weight excluding hydrogens is 440 g/mol. The van der Waals surface area contributed by atoms with Gasteiger partial charge in [0.25, 0.3) is 10.0 Å². The van der Waals surface area contributed by atoms with E-state index in [4.69, 9.17) is 16.3 Å². The number of halogens is 1. The summed E-state index contributed by atoms with van der Waals surface area (Å²) in [5.41, 5.74) is 0.914. The molecule has 1 amide bonds. The average molecular weight is 465 g/mol. The molecule has 166 valence electrons. The molecule has 1 saturated carbocycles. The van der Waals surface area contributed by atoms with E-state index in [1.54, 1.807) is 24.3 Å². The predicted octanol–water partition coefficient (Wildman–Crippen LogP) is 4.12. The van der Waals surface area contributed by atoms with Crippen LogP contribution in [0.25, 0.3) is 0 Å². The summed E-state index contributed by atoms with van der Waals surface area (Å²) in [6.07, 6.45) is 4.99. The highest BCUT2D eigenvalue weighted by atomic mass is 35.5. The zero-order valence-corrected chi connectivity index (χ0v) is 18.8. The number of amides is 1. The highest BCUT2D eigenvalue weighted by molar-refractivity contribution is 7.92. The van der Waals surface area contributed by atoms with Crippen molar-refractivity contribution in [3.05, 3.63) is 58.6 Å². The van der Waals surface area contributed by atoms with Crippen molar-refractivity contribution in [3.8, 4) is 0 Å². The lowest BCUT2D eigenvalue weighted by Crippen LogP contribution is -2.31. The molecule has 0 heterocycles. The van der Waals surface area contributed by atoms with Crippen molar-refractivity contribution < 1.29 is 22.7 Å². The number of anilines is 1. The number of hydrogen-bond acceptors (Lipinski definition) is 5. The molecule has 0 spiro atoms. The minimum atomic E-state index is -3.98. The Morgan fingerprint density at radius 1 is 1.10 bits per heavy atom. The number of rotatable bonds is 7. The minimum absolute atomic E-state index is 0.00395. The highest BCUT2D eigenvalue weighted by Crippen LogP contribution is 2.26. The molecule has 1 fully saturated rings. The zero-order valence-electron chi connectivity index (χ0n) is 17.2. The first kappa shape index (κ1) is 23.1. The molecule has 1 aliphatic rings. The molecule has 0 saturated heterocycles. The van der Waals surface area contributed by atoms with E-state index in [1.807, 2.05) is 0 Å². The van der Waals surface area contributed by atoms with Crippen molar-refractivity contribution in [2.24, 2.45) is 5.92 Å². The van der Waals surface area contributed by atoms with Crippen molar-refractivity contribution in [1.82, 2.24) is 5.32 Å². The van der Waals surface area contributed by atoms with E-state index in [9.17, 15) is 18.0 Å².